The summed E-state index contributed by atoms with van der Waals surface area (Å²) in [6.45, 7) is 6.63. The van der Waals surface area contributed by atoms with E-state index in [1.807, 2.05) is 0 Å². The molecule has 0 aliphatic carbocycles. The van der Waals surface area contributed by atoms with E-state index in [1.165, 1.54) is 0 Å². The molecule has 0 spiro atoms. The second-order valence-corrected chi connectivity index (χ2v) is 3.60. The Bertz CT molecular complexity index is 144. The van der Waals surface area contributed by atoms with Crippen molar-refractivity contribution in [2.75, 3.05) is 32.8 Å². The quantitative estimate of drug-likeness (QED) is 0.597. The van der Waals surface area contributed by atoms with Crippen molar-refractivity contribution in [1.29, 1.82) is 0 Å². The highest BCUT2D eigenvalue weighted by atomic mass is 16.5. The summed E-state index contributed by atoms with van der Waals surface area (Å²) >= 11 is 0. The first-order chi connectivity index (χ1) is 6.36. The maximum absolute atomic E-state index is 10.7. The number of rotatable bonds is 5. The average molecular weight is 185 g/mol. The Morgan fingerprint density at radius 3 is 2.69 bits per heavy atom. The predicted molar refractivity (Wildman–Crippen MR) is 51.7 cm³/mol. The molecular formula is C10H19NO2. The van der Waals surface area contributed by atoms with Gasteiger partial charge >= 0.3 is 0 Å². The van der Waals surface area contributed by atoms with Crippen molar-refractivity contribution in [2.45, 2.75) is 19.8 Å². The molecule has 3 nitrogen and oxygen atoms in total. The normalized spacial score (nSPS) is 21.3. The van der Waals surface area contributed by atoms with E-state index in [2.05, 4.69) is 11.8 Å². The minimum atomic E-state index is 0.225. The molecule has 0 aromatic rings. The smallest absolute Gasteiger partial charge is 0.124 e. The first-order valence-corrected chi connectivity index (χ1v) is 5.12. The lowest BCUT2D eigenvalue weighted by Crippen LogP contribution is -2.39. The highest BCUT2D eigenvalue weighted by Gasteiger charge is 2.15. The van der Waals surface area contributed by atoms with Crippen molar-refractivity contribution in [3.8, 4) is 0 Å². The summed E-state index contributed by atoms with van der Waals surface area (Å²) in [5.74, 6) is 0.225. The summed E-state index contributed by atoms with van der Waals surface area (Å²) in [4.78, 5) is 13.0. The summed E-state index contributed by atoms with van der Waals surface area (Å²) in [7, 11) is 0. The van der Waals surface area contributed by atoms with Crippen LogP contribution in [0.4, 0.5) is 0 Å². The first-order valence-electron chi connectivity index (χ1n) is 5.12. The first kappa shape index (κ1) is 10.7. The van der Waals surface area contributed by atoms with Crippen molar-refractivity contribution < 1.29 is 9.53 Å². The zero-order valence-electron chi connectivity index (χ0n) is 8.37. The van der Waals surface area contributed by atoms with Gasteiger partial charge in [0.2, 0.25) is 0 Å². The summed E-state index contributed by atoms with van der Waals surface area (Å²) in [6, 6.07) is 0. The van der Waals surface area contributed by atoms with E-state index in [0.29, 0.717) is 0 Å². The monoisotopic (exact) mass is 185 g/mol. The van der Waals surface area contributed by atoms with Crippen molar-refractivity contribution >= 4 is 6.29 Å². The fourth-order valence-corrected chi connectivity index (χ4v) is 1.69. The third-order valence-electron chi connectivity index (χ3n) is 2.45. The lowest BCUT2D eigenvalue weighted by molar-refractivity contribution is -0.112. The number of morpholine rings is 1. The third kappa shape index (κ3) is 3.87. The van der Waals surface area contributed by atoms with Gasteiger partial charge in [-0.15, -0.1) is 0 Å². The average Bonchev–Trinajstić information content (AvgIpc) is 2.19. The van der Waals surface area contributed by atoms with Crippen LogP contribution in [-0.4, -0.2) is 44.0 Å². The number of ether oxygens (including phenoxy) is 1. The molecule has 3 heteroatoms. The number of hydrogen-bond donors (Lipinski definition) is 0. The maximum atomic E-state index is 10.7. The van der Waals surface area contributed by atoms with Crippen LogP contribution in [0, 0.1) is 5.92 Å². The van der Waals surface area contributed by atoms with Gasteiger partial charge in [0.05, 0.1) is 13.2 Å². The number of nitrogens with zero attached hydrogens (tertiary/aromatic N) is 1. The van der Waals surface area contributed by atoms with Gasteiger partial charge in [0.1, 0.15) is 6.29 Å². The lowest BCUT2D eigenvalue weighted by atomic mass is 10.1. The molecule has 1 fully saturated rings. The highest BCUT2D eigenvalue weighted by molar-refractivity contribution is 5.53. The molecule has 0 aromatic carbocycles. The predicted octanol–water partition coefficient (Wildman–Crippen LogP) is 0.934. The van der Waals surface area contributed by atoms with Crippen LogP contribution in [-0.2, 0) is 9.53 Å². The molecule has 1 rings (SSSR count). The van der Waals surface area contributed by atoms with Gasteiger partial charge in [-0.05, 0) is 6.42 Å². The van der Waals surface area contributed by atoms with Gasteiger partial charge in [-0.3, -0.25) is 4.90 Å². The van der Waals surface area contributed by atoms with E-state index >= 15 is 0 Å². The van der Waals surface area contributed by atoms with Crippen LogP contribution >= 0.6 is 0 Å². The van der Waals surface area contributed by atoms with Crippen LogP contribution < -0.4 is 0 Å². The van der Waals surface area contributed by atoms with Gasteiger partial charge in [-0.2, -0.15) is 0 Å². The molecule has 0 radical (unpaired) electrons. The molecule has 0 N–H and O–H groups in total. The van der Waals surface area contributed by atoms with E-state index in [1.54, 1.807) is 0 Å². The van der Waals surface area contributed by atoms with Crippen molar-refractivity contribution in [1.82, 2.24) is 4.90 Å². The van der Waals surface area contributed by atoms with E-state index in [9.17, 15) is 4.79 Å². The summed E-state index contributed by atoms with van der Waals surface area (Å²) in [5, 5.41) is 0. The molecule has 1 aliphatic rings. The number of carbonyl (C=O) groups is 1. The van der Waals surface area contributed by atoms with Gasteiger partial charge in [0.15, 0.2) is 0 Å². The van der Waals surface area contributed by atoms with Gasteiger partial charge < -0.3 is 9.53 Å². The van der Waals surface area contributed by atoms with Crippen molar-refractivity contribution in [2.24, 2.45) is 5.92 Å². The third-order valence-corrected chi connectivity index (χ3v) is 2.45. The second-order valence-electron chi connectivity index (χ2n) is 3.60. The molecule has 0 saturated carbocycles. The van der Waals surface area contributed by atoms with E-state index in [4.69, 9.17) is 4.74 Å². The highest BCUT2D eigenvalue weighted by Crippen LogP contribution is 2.07. The Morgan fingerprint density at radius 2 is 2.15 bits per heavy atom. The molecular weight excluding hydrogens is 166 g/mol. The Kier molecular flexibility index (Phi) is 5.01. The Labute approximate surface area is 80.1 Å². The Hall–Kier alpha value is -0.410. The van der Waals surface area contributed by atoms with Crippen LogP contribution in [0.15, 0.2) is 0 Å². The summed E-state index contributed by atoms with van der Waals surface area (Å²) in [6.07, 6.45) is 3.20. The molecule has 0 aromatic heterocycles. The van der Waals surface area contributed by atoms with Gasteiger partial charge in [-0.25, -0.2) is 0 Å². The summed E-state index contributed by atoms with van der Waals surface area (Å²) in [5.41, 5.74) is 0. The van der Waals surface area contributed by atoms with E-state index in [0.717, 1.165) is 52.0 Å². The van der Waals surface area contributed by atoms with Gasteiger partial charge in [0.25, 0.3) is 0 Å². The largest absolute Gasteiger partial charge is 0.379 e. The fraction of sp³-hybridized carbons (Fsp3) is 0.900. The Balaban J connectivity index is 2.22. The van der Waals surface area contributed by atoms with E-state index in [-0.39, 0.29) is 5.92 Å². The molecule has 76 valence electrons. The molecule has 0 bridgehead atoms. The van der Waals surface area contributed by atoms with Gasteiger partial charge in [0, 0.05) is 25.6 Å². The molecule has 1 aliphatic heterocycles. The zero-order valence-corrected chi connectivity index (χ0v) is 8.37. The topological polar surface area (TPSA) is 29.5 Å². The molecule has 1 saturated heterocycles. The van der Waals surface area contributed by atoms with Crippen molar-refractivity contribution in [3.05, 3.63) is 0 Å². The molecule has 1 atom stereocenters. The number of carbonyl (C=O) groups excluding carboxylic acids is 1. The second kappa shape index (κ2) is 6.11. The van der Waals surface area contributed by atoms with Crippen molar-refractivity contribution in [3.63, 3.8) is 0 Å². The lowest BCUT2D eigenvalue weighted by Gasteiger charge is -2.28. The fourth-order valence-electron chi connectivity index (χ4n) is 1.69. The summed E-state index contributed by atoms with van der Waals surface area (Å²) < 4.78 is 5.24. The molecule has 0 amide bonds. The standard InChI is InChI=1S/C10H19NO2/c1-2-3-10(9-12)8-11-4-6-13-7-5-11/h9-10H,2-8H2,1H3. The number of aldehydes is 1. The van der Waals surface area contributed by atoms with Crippen LogP contribution in [0.25, 0.3) is 0 Å². The van der Waals surface area contributed by atoms with Crippen LogP contribution in [0.1, 0.15) is 19.8 Å². The van der Waals surface area contributed by atoms with Crippen LogP contribution in [0.3, 0.4) is 0 Å². The molecule has 1 heterocycles. The van der Waals surface area contributed by atoms with E-state index < -0.39 is 0 Å². The molecule has 13 heavy (non-hydrogen) atoms. The Morgan fingerprint density at radius 1 is 1.46 bits per heavy atom. The number of hydrogen-bond acceptors (Lipinski definition) is 3. The van der Waals surface area contributed by atoms with Crippen LogP contribution in [0.5, 0.6) is 0 Å². The maximum Gasteiger partial charge on any atom is 0.124 e. The van der Waals surface area contributed by atoms with Crippen LogP contribution in [0.2, 0.25) is 0 Å². The molecule has 1 unspecified atom stereocenters. The van der Waals surface area contributed by atoms with Gasteiger partial charge in [-0.1, -0.05) is 13.3 Å². The SMILES string of the molecule is CCCC(C=O)CN1CCOCC1. The minimum absolute atomic E-state index is 0.225. The minimum Gasteiger partial charge on any atom is -0.379 e. The zero-order chi connectivity index (χ0) is 9.52.